The third-order valence-electron chi connectivity index (χ3n) is 3.59. The van der Waals surface area contributed by atoms with E-state index < -0.39 is 0 Å². The summed E-state index contributed by atoms with van der Waals surface area (Å²) in [6, 6.07) is 10.00. The van der Waals surface area contributed by atoms with Crippen molar-refractivity contribution in [3.63, 3.8) is 0 Å². The summed E-state index contributed by atoms with van der Waals surface area (Å²) < 4.78 is 1.92. The van der Waals surface area contributed by atoms with Crippen LogP contribution in [0.4, 0.5) is 0 Å². The molecule has 21 heavy (non-hydrogen) atoms. The van der Waals surface area contributed by atoms with Crippen LogP contribution in [-0.4, -0.2) is 19.7 Å². The maximum absolute atomic E-state index is 6.37. The molecule has 2 heterocycles. The van der Waals surface area contributed by atoms with Crippen LogP contribution in [0.3, 0.4) is 0 Å². The van der Waals surface area contributed by atoms with Gasteiger partial charge < -0.3 is 5.73 Å². The molecule has 2 aromatic heterocycles. The number of nitrogens with zero attached hydrogens (tertiary/aromatic N) is 4. The highest BCUT2D eigenvalue weighted by molar-refractivity contribution is 5.84. The van der Waals surface area contributed by atoms with Gasteiger partial charge in [0.25, 0.3) is 0 Å². The minimum absolute atomic E-state index is 0.184. The van der Waals surface area contributed by atoms with Crippen LogP contribution in [0.15, 0.2) is 42.9 Å². The van der Waals surface area contributed by atoms with Crippen LogP contribution in [0.25, 0.3) is 10.8 Å². The zero-order valence-corrected chi connectivity index (χ0v) is 12.1. The molecule has 0 saturated heterocycles. The van der Waals surface area contributed by atoms with Crippen molar-refractivity contribution in [3.8, 4) is 0 Å². The summed E-state index contributed by atoms with van der Waals surface area (Å²) >= 11 is 0. The largest absolute Gasteiger partial charge is 0.322 e. The molecule has 0 aliphatic heterocycles. The van der Waals surface area contributed by atoms with Crippen LogP contribution in [-0.2, 0) is 13.0 Å². The van der Waals surface area contributed by atoms with Crippen LogP contribution in [0.5, 0.6) is 0 Å². The average Bonchev–Trinajstić information content (AvgIpc) is 2.94. The van der Waals surface area contributed by atoms with E-state index in [1.54, 1.807) is 6.33 Å². The molecule has 0 bridgehead atoms. The normalized spacial score (nSPS) is 12.7. The van der Waals surface area contributed by atoms with E-state index in [1.807, 2.05) is 29.1 Å². The van der Waals surface area contributed by atoms with E-state index in [4.69, 9.17) is 5.73 Å². The Labute approximate surface area is 123 Å². The van der Waals surface area contributed by atoms with Gasteiger partial charge in [-0.05, 0) is 17.9 Å². The van der Waals surface area contributed by atoms with Gasteiger partial charge in [-0.3, -0.25) is 9.67 Å². The number of nitrogens with two attached hydrogens (primary N) is 1. The van der Waals surface area contributed by atoms with Crippen molar-refractivity contribution in [2.24, 2.45) is 5.73 Å². The summed E-state index contributed by atoms with van der Waals surface area (Å²) in [5, 5.41) is 6.51. The fraction of sp³-hybridized carbons (Fsp3) is 0.312. The molecule has 3 aromatic rings. The van der Waals surface area contributed by atoms with Crippen molar-refractivity contribution in [1.29, 1.82) is 0 Å². The molecule has 0 spiro atoms. The fourth-order valence-electron chi connectivity index (χ4n) is 2.58. The number of aromatic nitrogens is 4. The Morgan fingerprint density at radius 2 is 2.05 bits per heavy atom. The lowest BCUT2D eigenvalue weighted by Crippen LogP contribution is -2.18. The van der Waals surface area contributed by atoms with Gasteiger partial charge in [-0.15, -0.1) is 0 Å². The quantitative estimate of drug-likeness (QED) is 0.780. The molecule has 0 saturated carbocycles. The molecule has 0 amide bonds. The van der Waals surface area contributed by atoms with Crippen molar-refractivity contribution in [1.82, 2.24) is 19.7 Å². The summed E-state index contributed by atoms with van der Waals surface area (Å²) in [5.41, 5.74) is 7.29. The van der Waals surface area contributed by atoms with Gasteiger partial charge in [0.2, 0.25) is 0 Å². The molecule has 1 atom stereocenters. The van der Waals surface area contributed by atoms with Crippen LogP contribution in [0.2, 0.25) is 0 Å². The van der Waals surface area contributed by atoms with Gasteiger partial charge in [0.15, 0.2) is 0 Å². The lowest BCUT2D eigenvalue weighted by molar-refractivity contribution is 0.546. The van der Waals surface area contributed by atoms with Crippen molar-refractivity contribution in [2.45, 2.75) is 32.4 Å². The highest BCUT2D eigenvalue weighted by Crippen LogP contribution is 2.22. The highest BCUT2D eigenvalue weighted by Gasteiger charge is 2.15. The predicted molar refractivity (Wildman–Crippen MR) is 82.7 cm³/mol. The van der Waals surface area contributed by atoms with Crippen molar-refractivity contribution in [2.75, 3.05) is 0 Å². The second-order valence-electron chi connectivity index (χ2n) is 5.13. The van der Waals surface area contributed by atoms with Crippen LogP contribution >= 0.6 is 0 Å². The van der Waals surface area contributed by atoms with Crippen LogP contribution in [0.1, 0.15) is 30.9 Å². The molecule has 3 rings (SSSR count). The van der Waals surface area contributed by atoms with Crippen molar-refractivity contribution in [3.05, 3.63) is 54.4 Å². The van der Waals surface area contributed by atoms with Gasteiger partial charge in [-0.2, -0.15) is 5.10 Å². The third kappa shape index (κ3) is 2.78. The number of fused-ring (bicyclic) bond motifs is 1. The fourth-order valence-corrected chi connectivity index (χ4v) is 2.58. The Balaban J connectivity index is 1.90. The van der Waals surface area contributed by atoms with E-state index in [2.05, 4.69) is 34.1 Å². The first-order chi connectivity index (χ1) is 10.3. The standard InChI is InChI=1S/C16H19N5/c1-2-9-21-15(19-11-20-21)10-14(17)16-13-6-4-3-5-12(13)7-8-18-16/h3-8,11,14H,2,9-10,17H2,1H3. The summed E-state index contributed by atoms with van der Waals surface area (Å²) in [6.07, 6.45) is 5.07. The van der Waals surface area contributed by atoms with Gasteiger partial charge in [0.05, 0.1) is 11.7 Å². The predicted octanol–water partition coefficient (Wildman–Crippen LogP) is 2.48. The van der Waals surface area contributed by atoms with E-state index in [-0.39, 0.29) is 6.04 Å². The van der Waals surface area contributed by atoms with E-state index in [0.29, 0.717) is 6.42 Å². The minimum atomic E-state index is -0.184. The zero-order valence-electron chi connectivity index (χ0n) is 12.1. The Morgan fingerprint density at radius 3 is 2.90 bits per heavy atom. The highest BCUT2D eigenvalue weighted by atomic mass is 15.3. The van der Waals surface area contributed by atoms with Crippen LogP contribution in [0, 0.1) is 0 Å². The Bertz CT molecular complexity index is 729. The third-order valence-corrected chi connectivity index (χ3v) is 3.59. The maximum atomic E-state index is 6.37. The second kappa shape index (κ2) is 6.01. The molecule has 5 heteroatoms. The molecule has 1 aromatic carbocycles. The molecule has 0 aliphatic rings. The van der Waals surface area contributed by atoms with E-state index in [9.17, 15) is 0 Å². The van der Waals surface area contributed by atoms with Gasteiger partial charge in [0, 0.05) is 24.5 Å². The molecular formula is C16H19N5. The topological polar surface area (TPSA) is 69.6 Å². The molecule has 108 valence electrons. The molecule has 0 radical (unpaired) electrons. The summed E-state index contributed by atoms with van der Waals surface area (Å²) in [7, 11) is 0. The SMILES string of the molecule is CCCn1ncnc1CC(N)c1nccc2ccccc12. The summed E-state index contributed by atoms with van der Waals surface area (Å²) in [4.78, 5) is 8.80. The Morgan fingerprint density at radius 1 is 1.19 bits per heavy atom. The van der Waals surface area contributed by atoms with Crippen LogP contribution < -0.4 is 5.73 Å². The lowest BCUT2D eigenvalue weighted by Gasteiger charge is -2.13. The molecule has 1 unspecified atom stereocenters. The second-order valence-corrected chi connectivity index (χ2v) is 5.13. The first-order valence-corrected chi connectivity index (χ1v) is 7.25. The van der Waals surface area contributed by atoms with E-state index >= 15 is 0 Å². The number of rotatable bonds is 5. The minimum Gasteiger partial charge on any atom is -0.322 e. The number of hydrogen-bond acceptors (Lipinski definition) is 4. The Hall–Kier alpha value is -2.27. The number of pyridine rings is 1. The van der Waals surface area contributed by atoms with Crippen molar-refractivity contribution < 1.29 is 0 Å². The average molecular weight is 281 g/mol. The monoisotopic (exact) mass is 281 g/mol. The zero-order chi connectivity index (χ0) is 14.7. The first-order valence-electron chi connectivity index (χ1n) is 7.25. The molecule has 0 fully saturated rings. The van der Waals surface area contributed by atoms with E-state index in [0.717, 1.165) is 35.3 Å². The summed E-state index contributed by atoms with van der Waals surface area (Å²) in [5.74, 6) is 0.916. The molecule has 5 nitrogen and oxygen atoms in total. The van der Waals surface area contributed by atoms with E-state index in [1.165, 1.54) is 0 Å². The molecule has 2 N–H and O–H groups in total. The number of benzene rings is 1. The first kappa shape index (κ1) is 13.7. The van der Waals surface area contributed by atoms with Gasteiger partial charge in [-0.25, -0.2) is 4.98 Å². The number of aryl methyl sites for hydroxylation is 1. The molecule has 0 aliphatic carbocycles. The van der Waals surface area contributed by atoms with Crippen molar-refractivity contribution >= 4 is 10.8 Å². The van der Waals surface area contributed by atoms with Gasteiger partial charge in [0.1, 0.15) is 12.2 Å². The number of hydrogen-bond donors (Lipinski definition) is 1. The van der Waals surface area contributed by atoms with Gasteiger partial charge in [-0.1, -0.05) is 31.2 Å². The smallest absolute Gasteiger partial charge is 0.138 e. The lowest BCUT2D eigenvalue weighted by atomic mass is 10.0. The Kier molecular flexibility index (Phi) is 3.92. The summed E-state index contributed by atoms with van der Waals surface area (Å²) in [6.45, 7) is 2.99. The maximum Gasteiger partial charge on any atom is 0.138 e. The molecular weight excluding hydrogens is 262 g/mol. The van der Waals surface area contributed by atoms with Gasteiger partial charge >= 0.3 is 0 Å².